The van der Waals surface area contributed by atoms with Crippen molar-refractivity contribution < 1.29 is 0 Å². The van der Waals surface area contributed by atoms with Gasteiger partial charge in [0, 0.05) is 29.2 Å². The summed E-state index contributed by atoms with van der Waals surface area (Å²) in [5.74, 6) is 0. The largest absolute Gasteiger partial charge is 0.398 e. The van der Waals surface area contributed by atoms with Gasteiger partial charge in [-0.2, -0.15) is 3.94 Å². The highest BCUT2D eigenvalue weighted by Crippen LogP contribution is 2.36. The lowest BCUT2D eigenvalue weighted by Crippen LogP contribution is -2.06. The highest BCUT2D eigenvalue weighted by molar-refractivity contribution is 6.49. The van der Waals surface area contributed by atoms with Crippen molar-refractivity contribution in [3.05, 3.63) is 22.3 Å². The van der Waals surface area contributed by atoms with Crippen molar-refractivity contribution in [2.75, 3.05) is 9.67 Å². The normalized spacial score (nSPS) is 10.4. The molecular formula is C10H14Cl2N2. The van der Waals surface area contributed by atoms with Gasteiger partial charge in [0.25, 0.3) is 0 Å². The van der Waals surface area contributed by atoms with Crippen LogP contribution in [0.15, 0.2) is 0 Å². The summed E-state index contributed by atoms with van der Waals surface area (Å²) in [4.78, 5) is 0. The molecule has 0 aromatic heterocycles. The van der Waals surface area contributed by atoms with E-state index in [0.717, 1.165) is 37.6 Å². The third-order valence-electron chi connectivity index (χ3n) is 2.81. The van der Waals surface area contributed by atoms with Crippen LogP contribution in [-0.4, -0.2) is 0 Å². The molecule has 0 aliphatic heterocycles. The van der Waals surface area contributed by atoms with Crippen molar-refractivity contribution in [2.24, 2.45) is 0 Å². The molecule has 0 saturated heterocycles. The van der Waals surface area contributed by atoms with Crippen molar-refractivity contribution in [3.8, 4) is 0 Å². The van der Waals surface area contributed by atoms with Gasteiger partial charge in [-0.3, -0.25) is 0 Å². The van der Waals surface area contributed by atoms with E-state index in [9.17, 15) is 0 Å². The second-order valence-corrected chi connectivity index (χ2v) is 4.34. The van der Waals surface area contributed by atoms with Crippen molar-refractivity contribution in [1.82, 2.24) is 0 Å². The van der Waals surface area contributed by atoms with Crippen molar-refractivity contribution >= 4 is 34.9 Å². The monoisotopic (exact) mass is 232 g/mol. The summed E-state index contributed by atoms with van der Waals surface area (Å²) >= 11 is 11.5. The zero-order valence-electron chi connectivity index (χ0n) is 8.78. The molecule has 1 rings (SSSR count). The van der Waals surface area contributed by atoms with Gasteiger partial charge in [-0.1, -0.05) is 0 Å². The highest BCUT2D eigenvalue weighted by atomic mass is 35.5. The van der Waals surface area contributed by atoms with Crippen molar-refractivity contribution in [2.45, 2.75) is 27.7 Å². The minimum Gasteiger partial charge on any atom is -0.398 e. The predicted molar refractivity (Wildman–Crippen MR) is 64.0 cm³/mol. The summed E-state index contributed by atoms with van der Waals surface area (Å²) in [5.41, 5.74) is 11.7. The Morgan fingerprint density at radius 3 is 1.50 bits per heavy atom. The maximum Gasteiger partial charge on any atom is 0.0774 e. The number of nitrogens with zero attached hydrogens (tertiary/aromatic N) is 1. The first-order valence-corrected chi connectivity index (χ1v) is 5.03. The fourth-order valence-electron chi connectivity index (χ4n) is 1.58. The molecule has 0 aliphatic rings. The molecule has 1 aromatic rings. The summed E-state index contributed by atoms with van der Waals surface area (Å²) in [6.07, 6.45) is 0. The van der Waals surface area contributed by atoms with E-state index >= 15 is 0 Å². The minimum atomic E-state index is 0.818. The molecule has 0 spiro atoms. The summed E-state index contributed by atoms with van der Waals surface area (Å²) in [6, 6.07) is 0. The Morgan fingerprint density at radius 1 is 0.857 bits per heavy atom. The second-order valence-electron chi connectivity index (χ2n) is 3.50. The predicted octanol–water partition coefficient (Wildman–Crippen LogP) is 3.62. The lowest BCUT2D eigenvalue weighted by Gasteiger charge is -2.19. The first-order chi connectivity index (χ1) is 6.37. The standard InChI is InChI=1S/C10H14Cl2N2/c1-5-7(3)10(14(11)12)8(4)6(2)9(5)13/h13H2,1-4H3. The van der Waals surface area contributed by atoms with E-state index < -0.39 is 0 Å². The third kappa shape index (κ3) is 1.64. The maximum absolute atomic E-state index is 5.95. The van der Waals surface area contributed by atoms with E-state index in [-0.39, 0.29) is 0 Å². The lowest BCUT2D eigenvalue weighted by molar-refractivity contribution is 1.24. The second kappa shape index (κ2) is 3.87. The first kappa shape index (κ1) is 11.5. The zero-order valence-corrected chi connectivity index (χ0v) is 10.3. The van der Waals surface area contributed by atoms with Gasteiger partial charge in [0.05, 0.1) is 5.69 Å². The fraction of sp³-hybridized carbons (Fsp3) is 0.400. The number of halogens is 2. The Balaban J connectivity index is 3.60. The molecule has 14 heavy (non-hydrogen) atoms. The van der Waals surface area contributed by atoms with Crippen LogP contribution in [0.3, 0.4) is 0 Å². The van der Waals surface area contributed by atoms with Crippen LogP contribution in [0.2, 0.25) is 0 Å². The average Bonchev–Trinajstić information content (AvgIpc) is 2.11. The van der Waals surface area contributed by atoms with E-state index in [2.05, 4.69) is 0 Å². The molecule has 0 heterocycles. The Labute approximate surface area is 94.8 Å². The van der Waals surface area contributed by atoms with E-state index in [1.807, 2.05) is 27.7 Å². The number of benzene rings is 1. The number of nitrogen functional groups attached to an aromatic ring is 1. The van der Waals surface area contributed by atoms with Gasteiger partial charge in [0.1, 0.15) is 0 Å². The molecule has 0 amide bonds. The molecule has 0 fully saturated rings. The molecule has 0 radical (unpaired) electrons. The lowest BCUT2D eigenvalue weighted by atomic mass is 9.97. The van der Waals surface area contributed by atoms with E-state index in [4.69, 9.17) is 29.3 Å². The summed E-state index contributed by atoms with van der Waals surface area (Å²) in [6.45, 7) is 7.87. The quantitative estimate of drug-likeness (QED) is 0.593. The zero-order chi connectivity index (χ0) is 11.0. The summed E-state index contributed by atoms with van der Waals surface area (Å²) in [7, 11) is 0. The number of anilines is 2. The van der Waals surface area contributed by atoms with Crippen LogP contribution in [0.1, 0.15) is 22.3 Å². The van der Waals surface area contributed by atoms with Gasteiger partial charge in [0.15, 0.2) is 0 Å². The SMILES string of the molecule is Cc1c(C)c(N(Cl)Cl)c(C)c(C)c1N. The molecule has 0 unspecified atom stereocenters. The van der Waals surface area contributed by atoms with Crippen molar-refractivity contribution in [3.63, 3.8) is 0 Å². The highest BCUT2D eigenvalue weighted by Gasteiger charge is 2.15. The molecule has 0 bridgehead atoms. The van der Waals surface area contributed by atoms with Crippen LogP contribution in [0.25, 0.3) is 0 Å². The van der Waals surface area contributed by atoms with Crippen LogP contribution in [0, 0.1) is 27.7 Å². The Bertz CT molecular complexity index is 344. The molecule has 1 aromatic carbocycles. The molecule has 0 saturated carbocycles. The average molecular weight is 233 g/mol. The van der Waals surface area contributed by atoms with Gasteiger partial charge in [-0.05, 0) is 49.9 Å². The van der Waals surface area contributed by atoms with Crippen LogP contribution in [-0.2, 0) is 0 Å². The van der Waals surface area contributed by atoms with E-state index in [1.165, 1.54) is 0 Å². The third-order valence-corrected chi connectivity index (χ3v) is 3.15. The Hall–Kier alpha value is -0.600. The van der Waals surface area contributed by atoms with Crippen LogP contribution < -0.4 is 9.67 Å². The Morgan fingerprint density at radius 2 is 1.21 bits per heavy atom. The van der Waals surface area contributed by atoms with Crippen LogP contribution in [0.5, 0.6) is 0 Å². The molecule has 78 valence electrons. The number of hydrogen-bond acceptors (Lipinski definition) is 2. The summed E-state index contributed by atoms with van der Waals surface area (Å²) in [5, 5.41) is 0. The number of rotatable bonds is 1. The molecular weight excluding hydrogens is 219 g/mol. The number of nitrogens with two attached hydrogens (primary N) is 1. The van der Waals surface area contributed by atoms with Gasteiger partial charge < -0.3 is 5.73 Å². The molecule has 4 heteroatoms. The first-order valence-electron chi connectivity index (χ1n) is 4.35. The van der Waals surface area contributed by atoms with Crippen LogP contribution in [0.4, 0.5) is 11.4 Å². The van der Waals surface area contributed by atoms with Gasteiger partial charge in [0.2, 0.25) is 0 Å². The van der Waals surface area contributed by atoms with E-state index in [1.54, 1.807) is 0 Å². The molecule has 0 atom stereocenters. The van der Waals surface area contributed by atoms with Gasteiger partial charge >= 0.3 is 0 Å². The maximum atomic E-state index is 5.95. The Kier molecular flexibility index (Phi) is 3.17. The fourth-order valence-corrected chi connectivity index (χ4v) is 2.08. The van der Waals surface area contributed by atoms with Gasteiger partial charge in [-0.25, -0.2) is 0 Å². The molecule has 2 N–H and O–H groups in total. The van der Waals surface area contributed by atoms with Gasteiger partial charge in [-0.15, -0.1) is 0 Å². The minimum absolute atomic E-state index is 0.818. The number of hydrogen-bond donors (Lipinski definition) is 1. The topological polar surface area (TPSA) is 29.3 Å². The summed E-state index contributed by atoms with van der Waals surface area (Å²) < 4.78 is 1.10. The van der Waals surface area contributed by atoms with Crippen molar-refractivity contribution in [1.29, 1.82) is 0 Å². The van der Waals surface area contributed by atoms with E-state index in [0.29, 0.717) is 0 Å². The molecule has 2 nitrogen and oxygen atoms in total. The molecule has 0 aliphatic carbocycles. The van der Waals surface area contributed by atoms with Crippen LogP contribution >= 0.6 is 23.6 Å². The smallest absolute Gasteiger partial charge is 0.0774 e.